The van der Waals surface area contributed by atoms with E-state index in [-0.39, 0.29) is 0 Å². The van der Waals surface area contributed by atoms with Gasteiger partial charge < -0.3 is 10.6 Å². The maximum Gasteiger partial charge on any atom is 0.0459 e. The van der Waals surface area contributed by atoms with Gasteiger partial charge in [-0.3, -0.25) is 4.90 Å². The van der Waals surface area contributed by atoms with E-state index in [9.17, 15) is 0 Å². The fraction of sp³-hybridized carbons (Fsp3) is 0.625. The third-order valence-electron chi connectivity index (χ3n) is 4.29. The molecule has 0 aromatic heterocycles. The minimum Gasteiger partial charge on any atom is -0.373 e. The maximum absolute atomic E-state index is 6.33. The van der Waals surface area contributed by atoms with Crippen molar-refractivity contribution in [2.24, 2.45) is 5.73 Å². The number of benzene rings is 1. The predicted molar refractivity (Wildman–Crippen MR) is 87.7 cm³/mol. The first-order chi connectivity index (χ1) is 9.67. The molecule has 0 amide bonds. The van der Waals surface area contributed by atoms with Crippen LogP contribution in [0.25, 0.3) is 0 Å². The van der Waals surface area contributed by atoms with Gasteiger partial charge in [0.2, 0.25) is 0 Å². The van der Waals surface area contributed by atoms with Crippen LogP contribution in [0.4, 0.5) is 5.69 Å². The lowest BCUT2D eigenvalue weighted by molar-refractivity contribution is 0.270. The highest BCUT2D eigenvalue weighted by Crippen LogP contribution is 2.28. The zero-order valence-corrected chi connectivity index (χ0v) is 13.4. The summed E-state index contributed by atoms with van der Waals surface area (Å²) in [6.07, 6.45) is 3.45. The third kappa shape index (κ3) is 3.46. The smallest absolute Gasteiger partial charge is 0.0459 e. The van der Waals surface area contributed by atoms with Gasteiger partial charge in [0.1, 0.15) is 0 Å². The second kappa shape index (κ2) is 7.30. The molecule has 1 aromatic rings. The number of anilines is 1. The van der Waals surface area contributed by atoms with E-state index in [1.54, 1.807) is 0 Å². The highest BCUT2D eigenvalue weighted by atomic mass is 35.5. The summed E-state index contributed by atoms with van der Waals surface area (Å²) in [7, 11) is 2.16. The second-order valence-electron chi connectivity index (χ2n) is 5.58. The van der Waals surface area contributed by atoms with E-state index in [1.165, 1.54) is 30.6 Å². The summed E-state index contributed by atoms with van der Waals surface area (Å²) in [6.45, 7) is 6.32. The van der Waals surface area contributed by atoms with E-state index in [2.05, 4.69) is 29.8 Å². The Morgan fingerprint density at radius 1 is 1.45 bits per heavy atom. The quantitative estimate of drug-likeness (QED) is 0.876. The lowest BCUT2D eigenvalue weighted by atomic mass is 10.1. The molecule has 0 bridgehead atoms. The van der Waals surface area contributed by atoms with E-state index < -0.39 is 0 Å². The normalized spacial score (nSPS) is 19.5. The van der Waals surface area contributed by atoms with Crippen LogP contribution in [0.3, 0.4) is 0 Å². The Hall–Kier alpha value is -0.770. The van der Waals surface area contributed by atoms with Gasteiger partial charge in [-0.05, 0) is 56.6 Å². The molecule has 1 aliphatic rings. The van der Waals surface area contributed by atoms with Crippen LogP contribution in [0.2, 0.25) is 5.02 Å². The minimum absolute atomic E-state index is 0.634. The SMILES string of the molecule is CCN1CCCC1CN(C)c1cccc(Cl)c1CCN. The Bertz CT molecular complexity index is 436. The molecule has 0 spiro atoms. The molecule has 1 unspecified atom stereocenters. The summed E-state index contributed by atoms with van der Waals surface area (Å²) >= 11 is 6.33. The first-order valence-electron chi connectivity index (χ1n) is 7.60. The summed E-state index contributed by atoms with van der Waals surface area (Å²) < 4.78 is 0. The fourth-order valence-corrected chi connectivity index (χ4v) is 3.49. The Labute approximate surface area is 127 Å². The Morgan fingerprint density at radius 2 is 2.25 bits per heavy atom. The topological polar surface area (TPSA) is 32.5 Å². The van der Waals surface area contributed by atoms with Crippen LogP contribution in [0, 0.1) is 0 Å². The Morgan fingerprint density at radius 3 is 2.95 bits per heavy atom. The van der Waals surface area contributed by atoms with E-state index in [0.717, 1.165) is 24.5 Å². The lowest BCUT2D eigenvalue weighted by Gasteiger charge is -2.30. The van der Waals surface area contributed by atoms with Crippen molar-refractivity contribution in [3.63, 3.8) is 0 Å². The summed E-state index contributed by atoms with van der Waals surface area (Å²) in [4.78, 5) is 4.92. The van der Waals surface area contributed by atoms with Gasteiger partial charge in [0.05, 0.1) is 0 Å². The average molecular weight is 296 g/mol. The number of rotatable bonds is 6. The van der Waals surface area contributed by atoms with Crippen molar-refractivity contribution in [1.82, 2.24) is 4.90 Å². The molecule has 1 atom stereocenters. The second-order valence-corrected chi connectivity index (χ2v) is 5.99. The predicted octanol–water partition coefficient (Wildman–Crippen LogP) is 2.76. The fourth-order valence-electron chi connectivity index (χ4n) is 3.23. The van der Waals surface area contributed by atoms with Crippen molar-refractivity contribution in [2.75, 3.05) is 38.1 Å². The minimum atomic E-state index is 0.634. The standard InChI is InChI=1S/C16H26ClN3/c1-3-20-11-5-6-13(20)12-19(2)16-8-4-7-15(17)14(16)9-10-18/h4,7-8,13H,3,5-6,9-12,18H2,1-2H3. The summed E-state index contributed by atoms with van der Waals surface area (Å²) in [5, 5.41) is 0.832. The van der Waals surface area contributed by atoms with Gasteiger partial charge in [-0.15, -0.1) is 0 Å². The molecule has 1 aliphatic heterocycles. The third-order valence-corrected chi connectivity index (χ3v) is 4.64. The molecule has 4 heteroatoms. The van der Waals surface area contributed by atoms with Gasteiger partial charge >= 0.3 is 0 Å². The van der Waals surface area contributed by atoms with Crippen LogP contribution in [-0.2, 0) is 6.42 Å². The lowest BCUT2D eigenvalue weighted by Crippen LogP contribution is -2.39. The molecule has 0 aliphatic carbocycles. The van der Waals surface area contributed by atoms with E-state index >= 15 is 0 Å². The molecule has 0 saturated carbocycles. The largest absolute Gasteiger partial charge is 0.373 e. The van der Waals surface area contributed by atoms with Gasteiger partial charge in [-0.2, -0.15) is 0 Å². The molecular weight excluding hydrogens is 270 g/mol. The van der Waals surface area contributed by atoms with E-state index in [1.807, 2.05) is 12.1 Å². The zero-order valence-electron chi connectivity index (χ0n) is 12.6. The molecule has 0 radical (unpaired) electrons. The summed E-state index contributed by atoms with van der Waals surface area (Å²) in [5.74, 6) is 0. The van der Waals surface area contributed by atoms with E-state index in [4.69, 9.17) is 17.3 Å². The highest BCUT2D eigenvalue weighted by Gasteiger charge is 2.24. The number of hydrogen-bond donors (Lipinski definition) is 1. The van der Waals surface area contributed by atoms with Gasteiger partial charge in [-0.1, -0.05) is 24.6 Å². The number of hydrogen-bond acceptors (Lipinski definition) is 3. The number of likely N-dealkylation sites (N-methyl/N-ethyl adjacent to an activating group) is 2. The van der Waals surface area contributed by atoms with Crippen molar-refractivity contribution >= 4 is 17.3 Å². The zero-order chi connectivity index (χ0) is 14.5. The average Bonchev–Trinajstić information content (AvgIpc) is 2.88. The van der Waals surface area contributed by atoms with Gasteiger partial charge in [0.15, 0.2) is 0 Å². The van der Waals surface area contributed by atoms with Crippen molar-refractivity contribution in [3.05, 3.63) is 28.8 Å². The van der Waals surface area contributed by atoms with Crippen molar-refractivity contribution in [2.45, 2.75) is 32.2 Å². The Kier molecular flexibility index (Phi) is 5.70. The van der Waals surface area contributed by atoms with Crippen LogP contribution < -0.4 is 10.6 Å². The monoisotopic (exact) mass is 295 g/mol. The molecule has 1 saturated heterocycles. The molecule has 112 valence electrons. The number of nitrogens with zero attached hydrogens (tertiary/aromatic N) is 2. The van der Waals surface area contributed by atoms with Crippen LogP contribution >= 0.6 is 11.6 Å². The first kappa shape index (κ1) is 15.6. The highest BCUT2D eigenvalue weighted by molar-refractivity contribution is 6.31. The molecule has 2 rings (SSSR count). The maximum atomic E-state index is 6.33. The van der Waals surface area contributed by atoms with Crippen molar-refractivity contribution in [1.29, 1.82) is 0 Å². The number of halogens is 1. The molecular formula is C16H26ClN3. The van der Waals surface area contributed by atoms with Crippen LogP contribution in [0.5, 0.6) is 0 Å². The molecule has 1 aromatic carbocycles. The van der Waals surface area contributed by atoms with Gasteiger partial charge in [0, 0.05) is 30.3 Å². The van der Waals surface area contributed by atoms with Crippen LogP contribution in [-0.4, -0.2) is 44.2 Å². The Balaban J connectivity index is 2.12. The molecule has 3 nitrogen and oxygen atoms in total. The van der Waals surface area contributed by atoms with Gasteiger partial charge in [-0.25, -0.2) is 0 Å². The molecule has 2 N–H and O–H groups in total. The van der Waals surface area contributed by atoms with Crippen LogP contribution in [0.1, 0.15) is 25.3 Å². The van der Waals surface area contributed by atoms with Crippen molar-refractivity contribution in [3.8, 4) is 0 Å². The molecule has 20 heavy (non-hydrogen) atoms. The van der Waals surface area contributed by atoms with E-state index in [0.29, 0.717) is 12.6 Å². The first-order valence-corrected chi connectivity index (χ1v) is 7.97. The van der Waals surface area contributed by atoms with Crippen LogP contribution in [0.15, 0.2) is 18.2 Å². The summed E-state index contributed by atoms with van der Waals surface area (Å²) in [5.41, 5.74) is 8.13. The summed E-state index contributed by atoms with van der Waals surface area (Å²) in [6, 6.07) is 6.80. The number of likely N-dealkylation sites (tertiary alicyclic amines) is 1. The number of nitrogens with two attached hydrogens (primary N) is 1. The van der Waals surface area contributed by atoms with Gasteiger partial charge in [0.25, 0.3) is 0 Å². The molecule has 1 heterocycles. The van der Waals surface area contributed by atoms with Crippen molar-refractivity contribution < 1.29 is 0 Å². The molecule has 1 fully saturated rings.